The number of pyridine rings is 1. The second kappa shape index (κ2) is 5.61. The van der Waals surface area contributed by atoms with E-state index in [-0.39, 0.29) is 12.0 Å². The molecule has 2 rings (SSSR count). The molecule has 0 radical (unpaired) electrons. The molecular formula is C14H21N5O2. The largest absolute Gasteiger partial charge is 0.396 e. The second-order valence-electron chi connectivity index (χ2n) is 6.19. The maximum absolute atomic E-state index is 11.2. The third-order valence-electron chi connectivity index (χ3n) is 2.99. The van der Waals surface area contributed by atoms with E-state index in [1.54, 1.807) is 11.5 Å². The van der Waals surface area contributed by atoms with Crippen molar-refractivity contribution in [3.63, 3.8) is 0 Å². The molecule has 0 aliphatic carbocycles. The molecule has 0 saturated heterocycles. The third-order valence-corrected chi connectivity index (χ3v) is 2.99. The number of carbonyl (C=O) groups is 1. The normalized spacial score (nSPS) is 11.6. The highest BCUT2D eigenvalue weighted by atomic mass is 16.5. The number of rotatable bonds is 4. The molecule has 5 N–H and O–H groups in total. The number of hydrogen-bond acceptors (Lipinski definition) is 5. The van der Waals surface area contributed by atoms with Gasteiger partial charge in [0.1, 0.15) is 5.82 Å². The molecule has 0 saturated carbocycles. The Morgan fingerprint density at radius 1 is 1.48 bits per heavy atom. The van der Waals surface area contributed by atoms with E-state index in [0.717, 1.165) is 17.9 Å². The van der Waals surface area contributed by atoms with Crippen molar-refractivity contribution in [3.8, 4) is 0 Å². The molecule has 0 spiro atoms. The molecular weight excluding hydrogens is 270 g/mol. The first-order valence-corrected chi connectivity index (χ1v) is 6.74. The number of amides is 1. The number of anilines is 2. The van der Waals surface area contributed by atoms with Crippen LogP contribution >= 0.6 is 0 Å². The first kappa shape index (κ1) is 15.1. The van der Waals surface area contributed by atoms with Gasteiger partial charge in [-0.25, -0.2) is 10.5 Å². The molecule has 1 amide bonds. The molecule has 21 heavy (non-hydrogen) atoms. The molecule has 0 aliphatic rings. The first-order chi connectivity index (χ1) is 9.81. The molecule has 0 unspecified atom stereocenters. The van der Waals surface area contributed by atoms with Gasteiger partial charge < -0.3 is 11.1 Å². The van der Waals surface area contributed by atoms with Crippen LogP contribution in [0.1, 0.15) is 26.5 Å². The summed E-state index contributed by atoms with van der Waals surface area (Å²) in [6.45, 7) is 6.30. The van der Waals surface area contributed by atoms with Crippen molar-refractivity contribution < 1.29 is 10.0 Å². The van der Waals surface area contributed by atoms with Crippen LogP contribution < -0.4 is 16.5 Å². The summed E-state index contributed by atoms with van der Waals surface area (Å²) in [5, 5.41) is 11.6. The predicted molar refractivity (Wildman–Crippen MR) is 81.2 cm³/mol. The van der Waals surface area contributed by atoms with Crippen molar-refractivity contribution in [1.82, 2.24) is 14.9 Å². The summed E-state index contributed by atoms with van der Waals surface area (Å²) in [6.07, 6.45) is 2.57. The van der Waals surface area contributed by atoms with Gasteiger partial charge in [0, 0.05) is 6.20 Å². The summed E-state index contributed by atoms with van der Waals surface area (Å²) in [5.74, 6) is 0.200. The minimum absolute atomic E-state index is 0.0440. The molecule has 2 heterocycles. The molecule has 0 aliphatic heterocycles. The molecule has 7 nitrogen and oxygen atoms in total. The number of imidazole rings is 1. The lowest BCUT2D eigenvalue weighted by atomic mass is 9.90. The number of carbonyl (C=O) groups excluding carboxylic acids is 1. The zero-order valence-electron chi connectivity index (χ0n) is 12.5. The molecule has 114 valence electrons. The van der Waals surface area contributed by atoms with Gasteiger partial charge in [-0.1, -0.05) is 20.8 Å². The molecule has 2 aromatic heterocycles. The Labute approximate surface area is 123 Å². The highest BCUT2D eigenvalue weighted by Crippen LogP contribution is 2.28. The lowest BCUT2D eigenvalue weighted by Gasteiger charge is -2.17. The van der Waals surface area contributed by atoms with E-state index in [4.69, 9.17) is 10.9 Å². The van der Waals surface area contributed by atoms with Crippen molar-refractivity contribution in [3.05, 3.63) is 24.0 Å². The number of nitrogens with one attached hydrogen (secondary N) is 2. The van der Waals surface area contributed by atoms with Crippen LogP contribution in [0.3, 0.4) is 0 Å². The van der Waals surface area contributed by atoms with Crippen molar-refractivity contribution in [2.24, 2.45) is 5.41 Å². The topological polar surface area (TPSA) is 105 Å². The Balaban J connectivity index is 2.44. The molecule has 2 aromatic rings. The standard InChI is InChI=1S/C14H21N5O2/c1-14(2,3)7-10-13(16-8-11(20)18-21)19-6-4-5-9(15)12(19)17-10/h4-6,16,21H,7-8,15H2,1-3H3,(H,18,20). The van der Waals surface area contributed by atoms with Crippen LogP contribution in [0.5, 0.6) is 0 Å². The van der Waals surface area contributed by atoms with Gasteiger partial charge in [-0.2, -0.15) is 0 Å². The smallest absolute Gasteiger partial charge is 0.262 e. The highest BCUT2D eigenvalue weighted by Gasteiger charge is 2.20. The fourth-order valence-corrected chi connectivity index (χ4v) is 2.15. The van der Waals surface area contributed by atoms with E-state index in [2.05, 4.69) is 31.1 Å². The molecule has 0 fully saturated rings. The van der Waals surface area contributed by atoms with E-state index in [9.17, 15) is 4.79 Å². The average Bonchev–Trinajstić information content (AvgIpc) is 2.73. The minimum atomic E-state index is -0.518. The second-order valence-corrected chi connectivity index (χ2v) is 6.19. The summed E-state index contributed by atoms with van der Waals surface area (Å²) in [6, 6.07) is 3.61. The van der Waals surface area contributed by atoms with Gasteiger partial charge in [0.05, 0.1) is 17.9 Å². The average molecular weight is 291 g/mol. The van der Waals surface area contributed by atoms with Crippen LogP contribution in [-0.2, 0) is 11.2 Å². The summed E-state index contributed by atoms with van der Waals surface area (Å²) in [7, 11) is 0. The summed E-state index contributed by atoms with van der Waals surface area (Å²) in [4.78, 5) is 15.8. The summed E-state index contributed by atoms with van der Waals surface area (Å²) in [5.41, 5.74) is 9.67. The van der Waals surface area contributed by atoms with Crippen LogP contribution in [0.4, 0.5) is 11.5 Å². The lowest BCUT2D eigenvalue weighted by Crippen LogP contribution is -2.27. The van der Waals surface area contributed by atoms with E-state index in [0.29, 0.717) is 11.3 Å². The maximum atomic E-state index is 11.2. The van der Waals surface area contributed by atoms with Gasteiger partial charge >= 0.3 is 0 Å². The SMILES string of the molecule is CC(C)(C)Cc1nc2c(N)cccn2c1NCC(=O)NO. The van der Waals surface area contributed by atoms with E-state index in [1.807, 2.05) is 16.7 Å². The van der Waals surface area contributed by atoms with E-state index in [1.165, 1.54) is 0 Å². The van der Waals surface area contributed by atoms with Crippen LogP contribution in [0, 0.1) is 5.41 Å². The minimum Gasteiger partial charge on any atom is -0.396 e. The van der Waals surface area contributed by atoms with Crippen molar-refractivity contribution >= 4 is 23.1 Å². The molecule has 7 heteroatoms. The van der Waals surface area contributed by atoms with Crippen LogP contribution in [0.2, 0.25) is 0 Å². The quantitative estimate of drug-likeness (QED) is 0.504. The van der Waals surface area contributed by atoms with Crippen molar-refractivity contribution in [2.75, 3.05) is 17.6 Å². The number of fused-ring (bicyclic) bond motifs is 1. The van der Waals surface area contributed by atoms with Crippen LogP contribution in [0.25, 0.3) is 5.65 Å². The van der Waals surface area contributed by atoms with E-state index < -0.39 is 5.91 Å². The fraction of sp³-hybridized carbons (Fsp3) is 0.429. The van der Waals surface area contributed by atoms with Gasteiger partial charge in [0.2, 0.25) is 0 Å². The number of hydrogen-bond donors (Lipinski definition) is 4. The molecule has 0 bridgehead atoms. The number of aromatic nitrogens is 2. The third kappa shape index (κ3) is 3.43. The zero-order valence-corrected chi connectivity index (χ0v) is 12.5. The van der Waals surface area contributed by atoms with Crippen LogP contribution in [-0.4, -0.2) is 27.0 Å². The molecule has 0 aromatic carbocycles. The van der Waals surface area contributed by atoms with Gasteiger partial charge in [-0.15, -0.1) is 0 Å². The van der Waals surface area contributed by atoms with E-state index >= 15 is 0 Å². The van der Waals surface area contributed by atoms with Crippen molar-refractivity contribution in [1.29, 1.82) is 0 Å². The Hall–Kier alpha value is -2.28. The number of nitrogens with two attached hydrogens (primary N) is 1. The van der Waals surface area contributed by atoms with Gasteiger partial charge in [0.25, 0.3) is 5.91 Å². The maximum Gasteiger partial charge on any atom is 0.262 e. The Morgan fingerprint density at radius 2 is 2.19 bits per heavy atom. The number of nitrogens with zero attached hydrogens (tertiary/aromatic N) is 2. The van der Waals surface area contributed by atoms with Gasteiger partial charge in [0.15, 0.2) is 5.65 Å². The summed E-state index contributed by atoms with van der Waals surface area (Å²) >= 11 is 0. The Bertz CT molecular complexity index is 657. The predicted octanol–water partition coefficient (Wildman–Crippen LogP) is 1.42. The monoisotopic (exact) mass is 291 g/mol. The fourth-order valence-electron chi connectivity index (χ4n) is 2.15. The molecule has 0 atom stereocenters. The lowest BCUT2D eigenvalue weighted by molar-refractivity contribution is -0.127. The number of nitrogen functional groups attached to an aromatic ring is 1. The Morgan fingerprint density at radius 3 is 2.81 bits per heavy atom. The highest BCUT2D eigenvalue weighted by molar-refractivity contribution is 5.80. The summed E-state index contributed by atoms with van der Waals surface area (Å²) < 4.78 is 1.82. The van der Waals surface area contributed by atoms with Crippen LogP contribution in [0.15, 0.2) is 18.3 Å². The Kier molecular flexibility index (Phi) is 4.04. The number of hydroxylamine groups is 1. The van der Waals surface area contributed by atoms with Gasteiger partial charge in [-0.3, -0.25) is 14.4 Å². The van der Waals surface area contributed by atoms with Gasteiger partial charge in [-0.05, 0) is 24.0 Å². The zero-order chi connectivity index (χ0) is 15.6. The van der Waals surface area contributed by atoms with Crippen molar-refractivity contribution in [2.45, 2.75) is 27.2 Å². The first-order valence-electron chi connectivity index (χ1n) is 6.74.